The Morgan fingerprint density at radius 1 is 0.759 bits per heavy atom. The van der Waals surface area contributed by atoms with Gasteiger partial charge < -0.3 is 19.4 Å². The zero-order valence-electron chi connectivity index (χ0n) is 19.4. The standard InChI is InChI=1S/C23H46NO4P/c1-5-6-7-8-9-10-11-12-13-14-15-16-17-18-19-20-21-23(25,29(26,27)28)22-24(2,3)4/h10-11,17-18,25H,5-9,12-16,19-22H2,1-4H3,(H-,26,27,28)/p+1/b11-10-,18-17-. The molecule has 0 aromatic rings. The number of likely N-dealkylation sites (N-methyl/N-ethyl adjacent to an activating group) is 1. The van der Waals surface area contributed by atoms with Gasteiger partial charge in [0.1, 0.15) is 6.54 Å². The molecule has 0 aliphatic heterocycles. The van der Waals surface area contributed by atoms with E-state index in [1.54, 1.807) is 0 Å². The summed E-state index contributed by atoms with van der Waals surface area (Å²) in [5, 5.41) is 8.55. The van der Waals surface area contributed by atoms with Crippen molar-refractivity contribution in [3.8, 4) is 0 Å². The van der Waals surface area contributed by atoms with Crippen LogP contribution in [0.2, 0.25) is 0 Å². The first-order chi connectivity index (χ1) is 13.5. The van der Waals surface area contributed by atoms with Gasteiger partial charge in [0.05, 0.1) is 21.1 Å². The lowest BCUT2D eigenvalue weighted by Crippen LogP contribution is -2.49. The van der Waals surface area contributed by atoms with Gasteiger partial charge in [-0.05, 0) is 57.8 Å². The van der Waals surface area contributed by atoms with Crippen LogP contribution in [0.3, 0.4) is 0 Å². The van der Waals surface area contributed by atoms with Crippen molar-refractivity contribution in [1.82, 2.24) is 0 Å². The van der Waals surface area contributed by atoms with Crippen LogP contribution in [-0.2, 0) is 4.57 Å². The molecule has 0 spiro atoms. The SMILES string of the molecule is CCCCCC/C=C\CCCCC/C=C\CCCC(O)(C[N+](C)(C)C)P(=O)(O)O. The van der Waals surface area contributed by atoms with Crippen LogP contribution >= 0.6 is 7.60 Å². The Kier molecular flexibility index (Phi) is 15.1. The van der Waals surface area contributed by atoms with Crippen LogP contribution in [0.25, 0.3) is 0 Å². The third kappa shape index (κ3) is 16.0. The molecule has 0 bridgehead atoms. The maximum atomic E-state index is 11.7. The second-order valence-corrected chi connectivity index (χ2v) is 11.2. The molecule has 0 radical (unpaired) electrons. The molecule has 1 unspecified atom stereocenters. The molecule has 29 heavy (non-hydrogen) atoms. The van der Waals surface area contributed by atoms with Gasteiger partial charge in [0.2, 0.25) is 5.34 Å². The van der Waals surface area contributed by atoms with E-state index in [2.05, 4.69) is 31.2 Å². The van der Waals surface area contributed by atoms with Crippen molar-refractivity contribution < 1.29 is 23.9 Å². The van der Waals surface area contributed by atoms with Crippen LogP contribution in [0, 0.1) is 0 Å². The summed E-state index contributed by atoms with van der Waals surface area (Å²) < 4.78 is 12.0. The normalized spacial score (nSPS) is 15.4. The van der Waals surface area contributed by atoms with E-state index in [0.29, 0.717) is 10.9 Å². The van der Waals surface area contributed by atoms with Crippen LogP contribution in [-0.4, -0.2) is 52.4 Å². The molecule has 0 heterocycles. The zero-order valence-corrected chi connectivity index (χ0v) is 20.2. The van der Waals surface area contributed by atoms with E-state index in [-0.39, 0.29) is 13.0 Å². The first-order valence-electron chi connectivity index (χ1n) is 11.4. The molecule has 0 aromatic carbocycles. The van der Waals surface area contributed by atoms with Gasteiger partial charge in [-0.2, -0.15) is 0 Å². The van der Waals surface area contributed by atoms with Crippen molar-refractivity contribution in [2.24, 2.45) is 0 Å². The number of aliphatic hydroxyl groups is 1. The number of nitrogens with zero attached hydrogens (tertiary/aromatic N) is 1. The molecule has 3 N–H and O–H groups in total. The number of unbranched alkanes of at least 4 members (excludes halogenated alkanes) is 9. The minimum absolute atomic E-state index is 0.0359. The third-order valence-electron chi connectivity index (χ3n) is 5.02. The van der Waals surface area contributed by atoms with Crippen LogP contribution in [0.1, 0.15) is 90.4 Å². The summed E-state index contributed by atoms with van der Waals surface area (Å²) in [5.41, 5.74) is 0. The van der Waals surface area contributed by atoms with Crippen molar-refractivity contribution in [3.05, 3.63) is 24.3 Å². The van der Waals surface area contributed by atoms with Crippen molar-refractivity contribution in [2.75, 3.05) is 27.7 Å². The lowest BCUT2D eigenvalue weighted by atomic mass is 10.1. The summed E-state index contributed by atoms with van der Waals surface area (Å²) in [6.45, 7) is 2.28. The van der Waals surface area contributed by atoms with Gasteiger partial charge >= 0.3 is 7.60 Å². The van der Waals surface area contributed by atoms with E-state index >= 15 is 0 Å². The monoisotopic (exact) mass is 432 g/mol. The number of allylic oxidation sites excluding steroid dienone is 4. The summed E-state index contributed by atoms with van der Waals surface area (Å²) in [7, 11) is 0.906. The van der Waals surface area contributed by atoms with E-state index < -0.39 is 12.9 Å². The molecule has 172 valence electrons. The maximum Gasteiger partial charge on any atom is 0.362 e. The Hall–Kier alpha value is -0.450. The van der Waals surface area contributed by atoms with Crippen molar-refractivity contribution in [1.29, 1.82) is 0 Å². The van der Waals surface area contributed by atoms with Crippen LogP contribution in [0.5, 0.6) is 0 Å². The molecular weight excluding hydrogens is 385 g/mol. The summed E-state index contributed by atoms with van der Waals surface area (Å²) in [6.07, 6.45) is 22.7. The molecule has 6 heteroatoms. The predicted octanol–water partition coefficient (Wildman–Crippen LogP) is 5.76. The fraction of sp³-hybridized carbons (Fsp3) is 0.826. The highest BCUT2D eigenvalue weighted by Gasteiger charge is 2.48. The van der Waals surface area contributed by atoms with E-state index in [9.17, 15) is 19.5 Å². The quantitative estimate of drug-likeness (QED) is 0.111. The van der Waals surface area contributed by atoms with E-state index in [0.717, 1.165) is 12.8 Å². The average Bonchev–Trinajstić information content (AvgIpc) is 2.59. The summed E-state index contributed by atoms with van der Waals surface area (Å²) >= 11 is 0. The van der Waals surface area contributed by atoms with Crippen LogP contribution < -0.4 is 0 Å². The summed E-state index contributed by atoms with van der Waals surface area (Å²) in [5.74, 6) is 0. The Labute approximate surface area is 179 Å². The Morgan fingerprint density at radius 2 is 1.17 bits per heavy atom. The lowest BCUT2D eigenvalue weighted by molar-refractivity contribution is -0.875. The topological polar surface area (TPSA) is 77.8 Å². The zero-order chi connectivity index (χ0) is 22.2. The Bertz CT molecular complexity index is 507. The number of hydrogen-bond donors (Lipinski definition) is 3. The van der Waals surface area contributed by atoms with E-state index in [4.69, 9.17) is 0 Å². The molecule has 0 rings (SSSR count). The van der Waals surface area contributed by atoms with Crippen molar-refractivity contribution in [3.63, 3.8) is 0 Å². The number of rotatable bonds is 18. The van der Waals surface area contributed by atoms with E-state index in [1.807, 2.05) is 21.1 Å². The minimum Gasteiger partial charge on any atom is -0.373 e. The fourth-order valence-electron chi connectivity index (χ4n) is 3.44. The summed E-state index contributed by atoms with van der Waals surface area (Å²) in [6, 6.07) is 0. The number of quaternary nitrogens is 1. The molecule has 0 aromatic heterocycles. The van der Waals surface area contributed by atoms with Gasteiger partial charge in [0.25, 0.3) is 0 Å². The molecular formula is C23H47NO4P+. The molecule has 5 nitrogen and oxygen atoms in total. The molecule has 0 aliphatic rings. The molecule has 0 amide bonds. The largest absolute Gasteiger partial charge is 0.373 e. The third-order valence-corrected chi connectivity index (χ3v) is 6.47. The highest BCUT2D eigenvalue weighted by atomic mass is 31.2. The first-order valence-corrected chi connectivity index (χ1v) is 13.0. The van der Waals surface area contributed by atoms with Crippen LogP contribution in [0.15, 0.2) is 24.3 Å². The smallest absolute Gasteiger partial charge is 0.362 e. The van der Waals surface area contributed by atoms with Gasteiger partial charge in [-0.3, -0.25) is 4.57 Å². The first kappa shape index (κ1) is 28.5. The highest BCUT2D eigenvalue weighted by Crippen LogP contribution is 2.52. The van der Waals surface area contributed by atoms with E-state index in [1.165, 1.54) is 57.8 Å². The van der Waals surface area contributed by atoms with Gasteiger partial charge in [-0.25, -0.2) is 0 Å². The minimum atomic E-state index is -4.56. The average molecular weight is 433 g/mol. The second kappa shape index (κ2) is 15.4. The Balaban J connectivity index is 3.83. The molecule has 0 saturated carbocycles. The number of hydrogen-bond acceptors (Lipinski definition) is 2. The Morgan fingerprint density at radius 3 is 1.55 bits per heavy atom. The van der Waals surface area contributed by atoms with Gasteiger partial charge in [0, 0.05) is 0 Å². The lowest BCUT2D eigenvalue weighted by Gasteiger charge is -2.35. The summed E-state index contributed by atoms with van der Waals surface area (Å²) in [4.78, 5) is 19.1. The van der Waals surface area contributed by atoms with Gasteiger partial charge in [-0.15, -0.1) is 0 Å². The molecule has 0 aliphatic carbocycles. The highest BCUT2D eigenvalue weighted by molar-refractivity contribution is 7.53. The van der Waals surface area contributed by atoms with Crippen molar-refractivity contribution in [2.45, 2.75) is 95.7 Å². The van der Waals surface area contributed by atoms with Gasteiger partial charge in [0.15, 0.2) is 0 Å². The van der Waals surface area contributed by atoms with Crippen LogP contribution in [0.4, 0.5) is 0 Å². The predicted molar refractivity (Wildman–Crippen MR) is 124 cm³/mol. The second-order valence-electron chi connectivity index (χ2n) is 9.30. The molecule has 1 atom stereocenters. The van der Waals surface area contributed by atoms with Gasteiger partial charge in [-0.1, -0.05) is 56.9 Å². The van der Waals surface area contributed by atoms with Crippen molar-refractivity contribution >= 4 is 7.60 Å². The fourth-order valence-corrected chi connectivity index (χ4v) is 4.50. The maximum absolute atomic E-state index is 11.7. The molecule has 0 saturated heterocycles. The molecule has 0 fully saturated rings.